The average Bonchev–Trinajstić information content (AvgIpc) is 2.68. The number of aryl methyl sites for hydroxylation is 2. The van der Waals surface area contributed by atoms with Crippen LogP contribution in [0.25, 0.3) is 0 Å². The van der Waals surface area contributed by atoms with Gasteiger partial charge in [-0.1, -0.05) is 38.3 Å². The van der Waals surface area contributed by atoms with Gasteiger partial charge in [0.15, 0.2) is 6.29 Å². The normalized spacial score (nSPS) is 14.1. The molecule has 1 saturated carbocycles. The summed E-state index contributed by atoms with van der Waals surface area (Å²) in [5.74, 6) is 1.37. The van der Waals surface area contributed by atoms with Crippen LogP contribution in [0.1, 0.15) is 60.6 Å². The molecule has 6 nitrogen and oxygen atoms in total. The standard InChI is InChI=1S/C13H19N3O2.C8H10O/c1-9-11(7-17)12(16-13(14)15-9)18-8-10-5-3-2-4-6-10;1-2-7-3-5-8(9)6-4-7/h7,10H,2-6,8H2,1H3,(H2,14,15,16);3-6,9H,2H2,1H3. The lowest BCUT2D eigenvalue weighted by Gasteiger charge is -2.21. The largest absolute Gasteiger partial charge is 0.508 e. The Balaban J connectivity index is 0.000000244. The zero-order chi connectivity index (χ0) is 19.6. The summed E-state index contributed by atoms with van der Waals surface area (Å²) in [5.41, 5.74) is 7.80. The van der Waals surface area contributed by atoms with Crippen LogP contribution in [-0.4, -0.2) is 28.0 Å². The van der Waals surface area contributed by atoms with Gasteiger partial charge in [0, 0.05) is 0 Å². The molecule has 0 radical (unpaired) electrons. The maximum Gasteiger partial charge on any atom is 0.229 e. The number of benzene rings is 1. The predicted molar refractivity (Wildman–Crippen MR) is 106 cm³/mol. The number of hydrogen-bond donors (Lipinski definition) is 2. The van der Waals surface area contributed by atoms with Crippen molar-refractivity contribution in [1.29, 1.82) is 0 Å². The second kappa shape index (κ2) is 10.5. The first-order chi connectivity index (χ1) is 13.0. The van der Waals surface area contributed by atoms with Crippen LogP contribution in [-0.2, 0) is 6.42 Å². The van der Waals surface area contributed by atoms with Crippen LogP contribution >= 0.6 is 0 Å². The van der Waals surface area contributed by atoms with Gasteiger partial charge in [0.05, 0.1) is 17.9 Å². The Bertz CT molecular complexity index is 726. The fourth-order valence-corrected chi connectivity index (χ4v) is 3.10. The van der Waals surface area contributed by atoms with E-state index in [1.54, 1.807) is 19.1 Å². The molecule has 0 bridgehead atoms. The molecular formula is C21H29N3O3. The van der Waals surface area contributed by atoms with E-state index in [1.807, 2.05) is 12.1 Å². The smallest absolute Gasteiger partial charge is 0.229 e. The predicted octanol–water partition coefficient (Wildman–Crippen LogP) is 4.09. The summed E-state index contributed by atoms with van der Waals surface area (Å²) < 4.78 is 5.67. The number of aromatic nitrogens is 2. The molecule has 0 spiro atoms. The number of nitrogens with two attached hydrogens (primary N) is 1. The van der Waals surface area contributed by atoms with E-state index in [4.69, 9.17) is 15.6 Å². The first-order valence-corrected chi connectivity index (χ1v) is 9.53. The lowest BCUT2D eigenvalue weighted by Crippen LogP contribution is -2.17. The molecule has 0 aliphatic heterocycles. The minimum absolute atomic E-state index is 0.150. The minimum atomic E-state index is 0.150. The van der Waals surface area contributed by atoms with Crippen molar-refractivity contribution in [1.82, 2.24) is 9.97 Å². The molecule has 0 unspecified atom stereocenters. The molecule has 6 heteroatoms. The number of nitrogen functional groups attached to an aromatic ring is 1. The van der Waals surface area contributed by atoms with Gasteiger partial charge in [0.1, 0.15) is 5.75 Å². The Morgan fingerprint density at radius 2 is 1.85 bits per heavy atom. The molecule has 1 fully saturated rings. The number of rotatable bonds is 5. The van der Waals surface area contributed by atoms with Gasteiger partial charge in [-0.2, -0.15) is 4.98 Å². The number of ether oxygens (including phenoxy) is 1. The number of carbonyl (C=O) groups is 1. The summed E-state index contributed by atoms with van der Waals surface area (Å²) in [6.07, 6.45) is 7.98. The molecule has 1 aliphatic carbocycles. The second-order valence-electron chi connectivity index (χ2n) is 6.84. The highest BCUT2D eigenvalue weighted by Gasteiger charge is 2.17. The molecule has 1 aromatic carbocycles. The Morgan fingerprint density at radius 3 is 2.44 bits per heavy atom. The number of hydrogen-bond acceptors (Lipinski definition) is 6. The minimum Gasteiger partial charge on any atom is -0.508 e. The monoisotopic (exact) mass is 371 g/mol. The molecule has 1 aromatic heterocycles. The third-order valence-electron chi connectivity index (χ3n) is 4.76. The summed E-state index contributed by atoms with van der Waals surface area (Å²) in [6, 6.07) is 7.27. The lowest BCUT2D eigenvalue weighted by atomic mass is 9.90. The number of nitrogens with zero attached hydrogens (tertiary/aromatic N) is 2. The summed E-state index contributed by atoms with van der Waals surface area (Å²) >= 11 is 0. The fraction of sp³-hybridized carbons (Fsp3) is 0.476. The molecule has 1 heterocycles. The van der Waals surface area contributed by atoms with Gasteiger partial charge in [-0.3, -0.25) is 4.79 Å². The van der Waals surface area contributed by atoms with Crippen molar-refractivity contribution in [2.45, 2.75) is 52.4 Å². The van der Waals surface area contributed by atoms with Gasteiger partial charge in [-0.05, 0) is 49.8 Å². The zero-order valence-electron chi connectivity index (χ0n) is 16.1. The number of aromatic hydroxyl groups is 1. The van der Waals surface area contributed by atoms with Crippen LogP contribution in [0.2, 0.25) is 0 Å². The highest BCUT2D eigenvalue weighted by Crippen LogP contribution is 2.25. The van der Waals surface area contributed by atoms with Crippen LogP contribution < -0.4 is 10.5 Å². The van der Waals surface area contributed by atoms with Gasteiger partial charge >= 0.3 is 0 Å². The topological polar surface area (TPSA) is 98.3 Å². The number of phenolic OH excluding ortho intramolecular Hbond substituents is 1. The van der Waals surface area contributed by atoms with E-state index >= 15 is 0 Å². The molecule has 3 N–H and O–H groups in total. The highest BCUT2D eigenvalue weighted by atomic mass is 16.5. The number of aldehydes is 1. The molecule has 2 aromatic rings. The molecule has 0 amide bonds. The first-order valence-electron chi connectivity index (χ1n) is 9.53. The van der Waals surface area contributed by atoms with Crippen molar-refractivity contribution >= 4 is 12.2 Å². The van der Waals surface area contributed by atoms with Crippen molar-refractivity contribution < 1.29 is 14.6 Å². The third-order valence-corrected chi connectivity index (χ3v) is 4.76. The summed E-state index contributed by atoms with van der Waals surface area (Å²) in [4.78, 5) is 19.0. The Hall–Kier alpha value is -2.63. The van der Waals surface area contributed by atoms with E-state index in [0.29, 0.717) is 35.4 Å². The van der Waals surface area contributed by atoms with Crippen LogP contribution in [0.3, 0.4) is 0 Å². The first kappa shape index (κ1) is 20.7. The summed E-state index contributed by atoms with van der Waals surface area (Å²) in [5, 5.41) is 8.85. The fourth-order valence-electron chi connectivity index (χ4n) is 3.10. The van der Waals surface area contributed by atoms with E-state index in [9.17, 15) is 4.79 Å². The molecular weight excluding hydrogens is 342 g/mol. The van der Waals surface area contributed by atoms with E-state index in [2.05, 4.69) is 16.9 Å². The van der Waals surface area contributed by atoms with Gasteiger partial charge < -0.3 is 15.6 Å². The van der Waals surface area contributed by atoms with Crippen molar-refractivity contribution in [2.75, 3.05) is 12.3 Å². The van der Waals surface area contributed by atoms with Crippen LogP contribution in [0.5, 0.6) is 11.6 Å². The Labute approximate surface area is 160 Å². The molecule has 27 heavy (non-hydrogen) atoms. The number of carbonyl (C=O) groups excluding carboxylic acids is 1. The highest BCUT2D eigenvalue weighted by molar-refractivity contribution is 5.80. The lowest BCUT2D eigenvalue weighted by molar-refractivity contribution is 0.111. The van der Waals surface area contributed by atoms with E-state index in [1.165, 1.54) is 37.7 Å². The summed E-state index contributed by atoms with van der Waals surface area (Å²) in [6.45, 7) is 4.43. The van der Waals surface area contributed by atoms with Crippen molar-refractivity contribution in [3.8, 4) is 11.6 Å². The van der Waals surface area contributed by atoms with E-state index in [0.717, 1.165) is 12.7 Å². The molecule has 146 valence electrons. The quantitative estimate of drug-likeness (QED) is 0.768. The number of phenols is 1. The van der Waals surface area contributed by atoms with E-state index < -0.39 is 0 Å². The zero-order valence-corrected chi connectivity index (χ0v) is 16.1. The average molecular weight is 371 g/mol. The van der Waals surface area contributed by atoms with Gasteiger partial charge in [-0.15, -0.1) is 0 Å². The third kappa shape index (κ3) is 6.55. The maximum absolute atomic E-state index is 11.0. The van der Waals surface area contributed by atoms with Gasteiger partial charge in [0.2, 0.25) is 11.8 Å². The number of anilines is 1. The Morgan fingerprint density at radius 1 is 1.19 bits per heavy atom. The van der Waals surface area contributed by atoms with Crippen molar-refractivity contribution in [3.63, 3.8) is 0 Å². The van der Waals surface area contributed by atoms with Gasteiger partial charge in [-0.25, -0.2) is 4.98 Å². The van der Waals surface area contributed by atoms with Crippen molar-refractivity contribution in [2.24, 2.45) is 5.92 Å². The SMILES string of the molecule is CCc1ccc(O)cc1.Cc1nc(N)nc(OCC2CCCCC2)c1C=O. The molecule has 0 atom stereocenters. The summed E-state index contributed by atoms with van der Waals surface area (Å²) in [7, 11) is 0. The van der Waals surface area contributed by atoms with Crippen LogP contribution in [0.4, 0.5) is 5.95 Å². The van der Waals surface area contributed by atoms with Crippen molar-refractivity contribution in [3.05, 3.63) is 41.1 Å². The second-order valence-corrected chi connectivity index (χ2v) is 6.84. The maximum atomic E-state index is 11.0. The molecule has 0 saturated heterocycles. The van der Waals surface area contributed by atoms with Crippen LogP contribution in [0, 0.1) is 12.8 Å². The van der Waals surface area contributed by atoms with Gasteiger partial charge in [0.25, 0.3) is 0 Å². The molecule has 3 rings (SSSR count). The van der Waals surface area contributed by atoms with Crippen LogP contribution in [0.15, 0.2) is 24.3 Å². The van der Waals surface area contributed by atoms with E-state index in [-0.39, 0.29) is 5.95 Å². The molecule has 1 aliphatic rings. The Kier molecular flexibility index (Phi) is 8.04.